The van der Waals surface area contributed by atoms with E-state index in [-0.39, 0.29) is 10.8 Å². The molecule has 110 valence electrons. The predicted octanol–water partition coefficient (Wildman–Crippen LogP) is 4.23. The molecule has 0 radical (unpaired) electrons. The summed E-state index contributed by atoms with van der Waals surface area (Å²) in [6, 6.07) is 13.4. The summed E-state index contributed by atoms with van der Waals surface area (Å²) in [5.41, 5.74) is 8.76. The SMILES string of the molecule is Nc1ccccc1CN(Cc1cccc(F)c1Cl)C1CC1. The van der Waals surface area contributed by atoms with E-state index in [1.54, 1.807) is 6.07 Å². The Hall–Kier alpha value is -1.58. The first-order valence-electron chi connectivity index (χ1n) is 7.15. The van der Waals surface area contributed by atoms with Crippen LogP contribution in [0.2, 0.25) is 5.02 Å². The molecule has 1 fully saturated rings. The van der Waals surface area contributed by atoms with Crippen LogP contribution >= 0.6 is 11.6 Å². The monoisotopic (exact) mass is 304 g/mol. The van der Waals surface area contributed by atoms with Crippen LogP contribution in [0.3, 0.4) is 0 Å². The third-order valence-corrected chi connectivity index (χ3v) is 4.32. The summed E-state index contributed by atoms with van der Waals surface area (Å²) >= 11 is 6.07. The van der Waals surface area contributed by atoms with Gasteiger partial charge in [-0.15, -0.1) is 0 Å². The van der Waals surface area contributed by atoms with Crippen molar-refractivity contribution in [3.05, 3.63) is 64.4 Å². The fraction of sp³-hybridized carbons (Fsp3) is 0.294. The van der Waals surface area contributed by atoms with Crippen molar-refractivity contribution in [1.29, 1.82) is 0 Å². The number of hydrogen-bond acceptors (Lipinski definition) is 2. The van der Waals surface area contributed by atoms with Crippen LogP contribution < -0.4 is 5.73 Å². The van der Waals surface area contributed by atoms with Gasteiger partial charge in [-0.05, 0) is 36.1 Å². The molecule has 0 heterocycles. The second-order valence-electron chi connectivity index (χ2n) is 5.55. The van der Waals surface area contributed by atoms with Crippen molar-refractivity contribution in [2.24, 2.45) is 0 Å². The molecule has 2 aromatic carbocycles. The highest BCUT2D eigenvalue weighted by Gasteiger charge is 2.29. The topological polar surface area (TPSA) is 29.3 Å². The summed E-state index contributed by atoms with van der Waals surface area (Å²) in [6.45, 7) is 1.42. The standard InChI is InChI=1S/C17H18ClFN2/c18-17-13(5-3-6-15(17)19)11-21(14-8-9-14)10-12-4-1-2-7-16(12)20/h1-7,14H,8-11,20H2. The van der Waals surface area contributed by atoms with Crippen molar-refractivity contribution in [3.8, 4) is 0 Å². The Kier molecular flexibility index (Phi) is 4.13. The van der Waals surface area contributed by atoms with Crippen molar-refractivity contribution < 1.29 is 4.39 Å². The minimum Gasteiger partial charge on any atom is -0.398 e. The summed E-state index contributed by atoms with van der Waals surface area (Å²) in [7, 11) is 0. The molecule has 3 rings (SSSR count). The number of para-hydroxylation sites is 1. The zero-order valence-corrected chi connectivity index (χ0v) is 12.5. The molecule has 1 saturated carbocycles. The highest BCUT2D eigenvalue weighted by Crippen LogP contribution is 2.32. The summed E-state index contributed by atoms with van der Waals surface area (Å²) in [5.74, 6) is -0.357. The predicted molar refractivity (Wildman–Crippen MR) is 84.5 cm³/mol. The van der Waals surface area contributed by atoms with E-state index >= 15 is 0 Å². The van der Waals surface area contributed by atoms with Crippen LogP contribution in [-0.2, 0) is 13.1 Å². The zero-order chi connectivity index (χ0) is 14.8. The Morgan fingerprint density at radius 3 is 2.43 bits per heavy atom. The Labute approximate surface area is 129 Å². The number of nitrogens with two attached hydrogens (primary N) is 1. The van der Waals surface area contributed by atoms with Gasteiger partial charge in [-0.2, -0.15) is 0 Å². The lowest BCUT2D eigenvalue weighted by Crippen LogP contribution is -2.25. The number of nitrogen functional groups attached to an aromatic ring is 1. The molecule has 2 nitrogen and oxygen atoms in total. The number of halogens is 2. The van der Waals surface area contributed by atoms with E-state index in [4.69, 9.17) is 17.3 Å². The summed E-state index contributed by atoms with van der Waals surface area (Å²) in [5, 5.41) is 0.226. The van der Waals surface area contributed by atoms with Gasteiger partial charge >= 0.3 is 0 Å². The van der Waals surface area contributed by atoms with Crippen LogP contribution in [0.5, 0.6) is 0 Å². The maximum atomic E-state index is 13.6. The molecule has 21 heavy (non-hydrogen) atoms. The zero-order valence-electron chi connectivity index (χ0n) is 11.7. The summed E-state index contributed by atoms with van der Waals surface area (Å²) < 4.78 is 13.6. The third-order valence-electron chi connectivity index (χ3n) is 3.90. The van der Waals surface area contributed by atoms with Crippen molar-refractivity contribution in [1.82, 2.24) is 4.90 Å². The maximum Gasteiger partial charge on any atom is 0.142 e. The van der Waals surface area contributed by atoms with Gasteiger partial charge in [-0.1, -0.05) is 41.9 Å². The van der Waals surface area contributed by atoms with Crippen molar-refractivity contribution in [2.75, 3.05) is 5.73 Å². The van der Waals surface area contributed by atoms with E-state index in [1.807, 2.05) is 30.3 Å². The molecule has 2 aromatic rings. The smallest absolute Gasteiger partial charge is 0.142 e. The number of hydrogen-bond donors (Lipinski definition) is 1. The van der Waals surface area contributed by atoms with Crippen LogP contribution in [0.15, 0.2) is 42.5 Å². The van der Waals surface area contributed by atoms with E-state index < -0.39 is 0 Å². The average molecular weight is 305 g/mol. The van der Waals surface area contributed by atoms with Crippen molar-refractivity contribution >= 4 is 17.3 Å². The van der Waals surface area contributed by atoms with Gasteiger partial charge in [-0.25, -0.2) is 4.39 Å². The minimum atomic E-state index is -0.357. The molecule has 0 bridgehead atoms. The van der Waals surface area contributed by atoms with Crippen LogP contribution in [-0.4, -0.2) is 10.9 Å². The molecule has 0 unspecified atom stereocenters. The van der Waals surface area contributed by atoms with Crippen LogP contribution in [0, 0.1) is 5.82 Å². The molecule has 4 heteroatoms. The second kappa shape index (κ2) is 6.04. The number of anilines is 1. The van der Waals surface area contributed by atoms with Gasteiger partial charge < -0.3 is 5.73 Å². The van der Waals surface area contributed by atoms with E-state index in [0.29, 0.717) is 12.6 Å². The van der Waals surface area contributed by atoms with E-state index in [2.05, 4.69) is 4.90 Å². The minimum absolute atomic E-state index is 0.226. The normalized spacial score (nSPS) is 14.6. The number of nitrogens with zero attached hydrogens (tertiary/aromatic N) is 1. The first kappa shape index (κ1) is 14.4. The van der Waals surface area contributed by atoms with E-state index in [9.17, 15) is 4.39 Å². The van der Waals surface area contributed by atoms with Gasteiger partial charge in [0.2, 0.25) is 0 Å². The van der Waals surface area contributed by atoms with Gasteiger partial charge in [0, 0.05) is 24.8 Å². The van der Waals surface area contributed by atoms with Gasteiger partial charge in [-0.3, -0.25) is 4.90 Å². The number of rotatable bonds is 5. The van der Waals surface area contributed by atoms with E-state index in [1.165, 1.54) is 18.9 Å². The summed E-state index contributed by atoms with van der Waals surface area (Å²) in [6.07, 6.45) is 2.36. The van der Waals surface area contributed by atoms with E-state index in [0.717, 1.165) is 23.4 Å². The quantitative estimate of drug-likeness (QED) is 0.838. The molecular weight excluding hydrogens is 287 g/mol. The first-order valence-corrected chi connectivity index (χ1v) is 7.53. The average Bonchev–Trinajstić information content (AvgIpc) is 3.30. The Bertz CT molecular complexity index is 640. The lowest BCUT2D eigenvalue weighted by atomic mass is 10.1. The molecule has 1 aliphatic rings. The Morgan fingerprint density at radius 2 is 1.71 bits per heavy atom. The number of benzene rings is 2. The van der Waals surface area contributed by atoms with Crippen LogP contribution in [0.25, 0.3) is 0 Å². The van der Waals surface area contributed by atoms with Crippen LogP contribution in [0.4, 0.5) is 10.1 Å². The molecule has 0 saturated heterocycles. The second-order valence-corrected chi connectivity index (χ2v) is 5.93. The molecular formula is C17H18ClFN2. The molecule has 1 aliphatic carbocycles. The lowest BCUT2D eigenvalue weighted by molar-refractivity contribution is 0.246. The Balaban J connectivity index is 1.79. The lowest BCUT2D eigenvalue weighted by Gasteiger charge is -2.23. The Morgan fingerprint density at radius 1 is 1.05 bits per heavy atom. The third kappa shape index (κ3) is 3.36. The fourth-order valence-electron chi connectivity index (χ4n) is 2.54. The maximum absolute atomic E-state index is 13.6. The molecule has 0 spiro atoms. The molecule has 0 aliphatic heterocycles. The van der Waals surface area contributed by atoms with Crippen molar-refractivity contribution in [2.45, 2.75) is 32.0 Å². The highest BCUT2D eigenvalue weighted by molar-refractivity contribution is 6.31. The van der Waals surface area contributed by atoms with Gasteiger partial charge in [0.1, 0.15) is 5.82 Å². The van der Waals surface area contributed by atoms with Gasteiger partial charge in [0.05, 0.1) is 5.02 Å². The highest BCUT2D eigenvalue weighted by atomic mass is 35.5. The fourth-order valence-corrected chi connectivity index (χ4v) is 2.73. The molecule has 0 atom stereocenters. The van der Waals surface area contributed by atoms with Crippen LogP contribution in [0.1, 0.15) is 24.0 Å². The summed E-state index contributed by atoms with van der Waals surface area (Å²) in [4.78, 5) is 2.33. The molecule has 2 N–H and O–H groups in total. The molecule has 0 amide bonds. The van der Waals surface area contributed by atoms with Gasteiger partial charge in [0.15, 0.2) is 0 Å². The molecule has 0 aromatic heterocycles. The largest absolute Gasteiger partial charge is 0.398 e. The first-order chi connectivity index (χ1) is 10.1. The van der Waals surface area contributed by atoms with Gasteiger partial charge in [0.25, 0.3) is 0 Å². The van der Waals surface area contributed by atoms with Crippen molar-refractivity contribution in [3.63, 3.8) is 0 Å².